The number of hydrogen-bond acceptors (Lipinski definition) is 5. The molecule has 0 aliphatic carbocycles. The highest BCUT2D eigenvalue weighted by molar-refractivity contribution is 5.95. The van der Waals surface area contributed by atoms with E-state index in [0.717, 1.165) is 37.6 Å². The molecule has 3 rings (SSSR count). The van der Waals surface area contributed by atoms with Crippen LogP contribution in [0.25, 0.3) is 6.08 Å². The minimum atomic E-state index is -0.866. The van der Waals surface area contributed by atoms with Gasteiger partial charge in [-0.05, 0) is 18.2 Å². The number of aromatic nitrogens is 1. The van der Waals surface area contributed by atoms with Crippen molar-refractivity contribution in [3.05, 3.63) is 29.5 Å². The highest BCUT2D eigenvalue weighted by Gasteiger charge is 2.27. The number of carbonyl (C=O) groups is 1. The zero-order chi connectivity index (χ0) is 13.2. The van der Waals surface area contributed by atoms with E-state index in [1.807, 2.05) is 17.1 Å². The number of anilines is 1. The minimum absolute atomic E-state index is 0.374. The molecule has 6 nitrogen and oxygen atoms in total. The summed E-state index contributed by atoms with van der Waals surface area (Å²) in [5.74, 6) is -0.0240. The highest BCUT2D eigenvalue weighted by Crippen LogP contribution is 2.27. The molecule has 0 amide bonds. The van der Waals surface area contributed by atoms with Gasteiger partial charge >= 0.3 is 5.97 Å². The first-order valence-corrected chi connectivity index (χ1v) is 6.38. The molecule has 1 saturated heterocycles. The van der Waals surface area contributed by atoms with Gasteiger partial charge in [0, 0.05) is 37.9 Å². The second kappa shape index (κ2) is 4.99. The van der Waals surface area contributed by atoms with Gasteiger partial charge in [0.05, 0.1) is 12.1 Å². The number of rotatable bonds is 2. The zero-order valence-electron chi connectivity index (χ0n) is 10.5. The lowest BCUT2D eigenvalue weighted by molar-refractivity contribution is -0.132. The van der Waals surface area contributed by atoms with Crippen molar-refractivity contribution in [2.75, 3.05) is 37.7 Å². The van der Waals surface area contributed by atoms with Gasteiger partial charge in [-0.2, -0.15) is 0 Å². The van der Waals surface area contributed by atoms with Gasteiger partial charge in [-0.3, -0.25) is 5.01 Å². The summed E-state index contributed by atoms with van der Waals surface area (Å²) >= 11 is 0. The van der Waals surface area contributed by atoms with Crippen LogP contribution in [0.15, 0.2) is 23.9 Å². The fourth-order valence-corrected chi connectivity index (χ4v) is 2.47. The molecule has 1 aromatic rings. The average molecular weight is 260 g/mol. The molecule has 0 atom stereocenters. The Hall–Kier alpha value is -1.92. The van der Waals surface area contributed by atoms with E-state index < -0.39 is 5.97 Å². The molecule has 0 saturated carbocycles. The van der Waals surface area contributed by atoms with E-state index >= 15 is 0 Å². The molecule has 0 unspecified atom stereocenters. The van der Waals surface area contributed by atoms with Gasteiger partial charge in [-0.1, -0.05) is 0 Å². The van der Waals surface area contributed by atoms with Crippen LogP contribution in [0.3, 0.4) is 0 Å². The van der Waals surface area contributed by atoms with E-state index in [1.165, 1.54) is 0 Å². The van der Waals surface area contributed by atoms with Crippen molar-refractivity contribution in [2.45, 2.75) is 0 Å². The number of nitrogens with zero attached hydrogens (tertiary/aromatic N) is 3. The predicted molar refractivity (Wildman–Crippen MR) is 71.6 cm³/mol. The van der Waals surface area contributed by atoms with Gasteiger partial charge in [-0.25, -0.2) is 14.8 Å². The van der Waals surface area contributed by atoms with Crippen LogP contribution in [0.4, 0.5) is 5.82 Å². The van der Waals surface area contributed by atoms with Crippen molar-refractivity contribution >= 4 is 17.9 Å². The lowest BCUT2D eigenvalue weighted by Gasteiger charge is -2.40. The molecule has 0 spiro atoms. The molecular formula is C13H16N4O2. The van der Waals surface area contributed by atoms with Crippen LogP contribution in [-0.2, 0) is 4.79 Å². The first-order valence-electron chi connectivity index (χ1n) is 6.38. The van der Waals surface area contributed by atoms with Gasteiger partial charge in [0.1, 0.15) is 0 Å². The van der Waals surface area contributed by atoms with E-state index in [0.29, 0.717) is 12.1 Å². The molecule has 2 aliphatic rings. The summed E-state index contributed by atoms with van der Waals surface area (Å²) in [6.07, 6.45) is 3.46. The monoisotopic (exact) mass is 260 g/mol. The van der Waals surface area contributed by atoms with Crippen LogP contribution in [0.5, 0.6) is 0 Å². The first kappa shape index (κ1) is 12.1. The summed E-state index contributed by atoms with van der Waals surface area (Å²) in [4.78, 5) is 15.6. The Kier molecular flexibility index (Phi) is 3.18. The van der Waals surface area contributed by atoms with Gasteiger partial charge in [0.15, 0.2) is 5.82 Å². The maximum Gasteiger partial charge on any atom is 0.333 e. The fourth-order valence-electron chi connectivity index (χ4n) is 2.47. The quantitative estimate of drug-likeness (QED) is 0.791. The van der Waals surface area contributed by atoms with E-state index in [-0.39, 0.29) is 0 Å². The van der Waals surface area contributed by atoms with E-state index in [4.69, 9.17) is 0 Å². The largest absolute Gasteiger partial charge is 0.478 e. The van der Waals surface area contributed by atoms with Crippen molar-refractivity contribution in [2.24, 2.45) is 0 Å². The Bertz CT molecular complexity index is 523. The Morgan fingerprint density at radius 2 is 2.16 bits per heavy atom. The second-order valence-electron chi connectivity index (χ2n) is 4.65. The lowest BCUT2D eigenvalue weighted by Crippen LogP contribution is -2.54. The standard InChI is InChI=1S/C13H16N4O2/c18-13(19)11-8-10-2-1-3-15-12(10)17(9-11)16-6-4-14-5-7-16/h1-3,8,14H,4-7,9H2,(H,18,19). The number of nitrogens with one attached hydrogen (secondary N) is 1. The predicted octanol–water partition coefficient (Wildman–Crippen LogP) is 0.190. The third kappa shape index (κ3) is 2.32. The SMILES string of the molecule is O=C(O)C1=Cc2cccnc2N(N2CCNCC2)C1. The number of fused-ring (bicyclic) bond motifs is 1. The number of hydrogen-bond donors (Lipinski definition) is 2. The summed E-state index contributed by atoms with van der Waals surface area (Å²) in [6, 6.07) is 3.73. The molecule has 19 heavy (non-hydrogen) atoms. The Balaban J connectivity index is 1.96. The molecule has 0 radical (unpaired) electrons. The van der Waals surface area contributed by atoms with E-state index in [2.05, 4.69) is 15.3 Å². The topological polar surface area (TPSA) is 68.7 Å². The smallest absolute Gasteiger partial charge is 0.333 e. The number of hydrazine groups is 1. The van der Waals surface area contributed by atoms with Crippen LogP contribution < -0.4 is 10.3 Å². The summed E-state index contributed by atoms with van der Waals surface area (Å²) in [7, 11) is 0. The van der Waals surface area contributed by atoms with E-state index in [1.54, 1.807) is 12.3 Å². The van der Waals surface area contributed by atoms with Gasteiger partial charge in [-0.15, -0.1) is 0 Å². The van der Waals surface area contributed by atoms with Gasteiger partial charge in [0.2, 0.25) is 0 Å². The van der Waals surface area contributed by atoms with Crippen molar-refractivity contribution in [1.29, 1.82) is 0 Å². The van der Waals surface area contributed by atoms with Crippen LogP contribution in [0, 0.1) is 0 Å². The number of aliphatic carboxylic acids is 1. The zero-order valence-corrected chi connectivity index (χ0v) is 10.5. The Labute approximate surface area is 111 Å². The van der Waals surface area contributed by atoms with Crippen molar-refractivity contribution < 1.29 is 9.90 Å². The van der Waals surface area contributed by atoms with Crippen LogP contribution in [0.1, 0.15) is 5.56 Å². The Morgan fingerprint density at radius 1 is 1.37 bits per heavy atom. The molecule has 2 N–H and O–H groups in total. The van der Waals surface area contributed by atoms with Gasteiger partial charge in [0.25, 0.3) is 0 Å². The maximum absolute atomic E-state index is 11.2. The maximum atomic E-state index is 11.2. The van der Waals surface area contributed by atoms with Crippen molar-refractivity contribution in [3.8, 4) is 0 Å². The summed E-state index contributed by atoms with van der Waals surface area (Å²) < 4.78 is 0. The van der Waals surface area contributed by atoms with Gasteiger partial charge < -0.3 is 10.4 Å². The normalized spacial score (nSPS) is 19.8. The molecule has 2 aliphatic heterocycles. The third-order valence-electron chi connectivity index (χ3n) is 3.42. The third-order valence-corrected chi connectivity index (χ3v) is 3.42. The average Bonchev–Trinajstić information content (AvgIpc) is 2.47. The minimum Gasteiger partial charge on any atom is -0.478 e. The van der Waals surface area contributed by atoms with Crippen LogP contribution >= 0.6 is 0 Å². The molecular weight excluding hydrogens is 244 g/mol. The highest BCUT2D eigenvalue weighted by atomic mass is 16.4. The molecule has 1 fully saturated rings. The summed E-state index contributed by atoms with van der Waals surface area (Å²) in [6.45, 7) is 3.92. The number of carboxylic acids is 1. The fraction of sp³-hybridized carbons (Fsp3) is 0.385. The number of carboxylic acid groups (broad SMARTS) is 1. The second-order valence-corrected chi connectivity index (χ2v) is 4.65. The van der Waals surface area contributed by atoms with Crippen LogP contribution in [0.2, 0.25) is 0 Å². The molecule has 3 heterocycles. The van der Waals surface area contributed by atoms with E-state index in [9.17, 15) is 9.90 Å². The number of piperazine rings is 1. The first-order chi connectivity index (χ1) is 9.25. The molecule has 0 aromatic carbocycles. The molecule has 100 valence electrons. The molecule has 6 heteroatoms. The summed E-state index contributed by atoms with van der Waals surface area (Å²) in [5.41, 5.74) is 1.27. The lowest BCUT2D eigenvalue weighted by atomic mass is 10.1. The van der Waals surface area contributed by atoms with Crippen LogP contribution in [-0.4, -0.2) is 53.8 Å². The Morgan fingerprint density at radius 3 is 2.89 bits per heavy atom. The number of pyridine rings is 1. The van der Waals surface area contributed by atoms with Crippen molar-refractivity contribution in [3.63, 3.8) is 0 Å². The summed E-state index contributed by atoms with van der Waals surface area (Å²) in [5, 5.41) is 16.7. The molecule has 1 aromatic heterocycles. The molecule has 0 bridgehead atoms. The van der Waals surface area contributed by atoms with Crippen molar-refractivity contribution in [1.82, 2.24) is 15.3 Å².